The molecule has 0 fully saturated rings. The third-order valence-corrected chi connectivity index (χ3v) is 5.56. The van der Waals surface area contributed by atoms with E-state index < -0.39 is 11.5 Å². The predicted octanol–water partition coefficient (Wildman–Crippen LogP) is 5.29. The van der Waals surface area contributed by atoms with Crippen LogP contribution in [0.3, 0.4) is 0 Å². The van der Waals surface area contributed by atoms with Crippen LogP contribution in [0, 0.1) is 6.92 Å². The predicted molar refractivity (Wildman–Crippen MR) is 126 cm³/mol. The molecule has 0 unspecified atom stereocenters. The van der Waals surface area contributed by atoms with Crippen LogP contribution in [0.2, 0.25) is 5.02 Å². The first kappa shape index (κ1) is 21.6. The number of hydrogen-bond donors (Lipinski definition) is 2. The molecule has 6 heteroatoms. The molecule has 0 atom stereocenters. The number of aliphatic hydroxyl groups is 1. The molecule has 160 valence electrons. The fraction of sp³-hybridized carbons (Fsp3) is 0.0769. The SMILES string of the molecule is Cc1ccc(-c2ccc(/C=N/NC(=O)C(O)(c3ccccc3)c3ccccc3)o2)cc1Cl. The van der Waals surface area contributed by atoms with E-state index in [0.717, 1.165) is 11.1 Å². The molecule has 0 aliphatic carbocycles. The summed E-state index contributed by atoms with van der Waals surface area (Å²) in [6, 6.07) is 26.7. The number of hydrogen-bond acceptors (Lipinski definition) is 4. The van der Waals surface area contributed by atoms with Gasteiger partial charge >= 0.3 is 0 Å². The molecule has 5 nitrogen and oxygen atoms in total. The van der Waals surface area contributed by atoms with Gasteiger partial charge in [0, 0.05) is 10.6 Å². The van der Waals surface area contributed by atoms with Crippen molar-refractivity contribution in [3.8, 4) is 11.3 Å². The molecule has 1 amide bonds. The van der Waals surface area contributed by atoms with Crippen molar-refractivity contribution >= 4 is 23.7 Å². The molecule has 0 bridgehead atoms. The summed E-state index contributed by atoms with van der Waals surface area (Å²) in [7, 11) is 0. The van der Waals surface area contributed by atoms with Crippen LogP contribution in [0.5, 0.6) is 0 Å². The summed E-state index contributed by atoms with van der Waals surface area (Å²) in [5, 5.41) is 16.0. The molecule has 0 spiro atoms. The van der Waals surface area contributed by atoms with Gasteiger partial charge in [-0.25, -0.2) is 5.43 Å². The van der Waals surface area contributed by atoms with Gasteiger partial charge in [0.2, 0.25) is 0 Å². The lowest BCUT2D eigenvalue weighted by molar-refractivity contribution is -0.136. The van der Waals surface area contributed by atoms with Crippen molar-refractivity contribution in [2.24, 2.45) is 5.10 Å². The first-order valence-corrected chi connectivity index (χ1v) is 10.4. The number of nitrogens with one attached hydrogen (secondary N) is 1. The minimum Gasteiger partial charge on any atom is -0.455 e. The van der Waals surface area contributed by atoms with E-state index in [2.05, 4.69) is 10.5 Å². The van der Waals surface area contributed by atoms with E-state index in [1.165, 1.54) is 6.21 Å². The Balaban J connectivity index is 1.54. The van der Waals surface area contributed by atoms with Crippen molar-refractivity contribution in [1.82, 2.24) is 5.43 Å². The van der Waals surface area contributed by atoms with Gasteiger partial charge in [-0.3, -0.25) is 4.79 Å². The zero-order valence-corrected chi connectivity index (χ0v) is 18.1. The average molecular weight is 445 g/mol. The molecule has 4 aromatic rings. The largest absolute Gasteiger partial charge is 0.455 e. The highest BCUT2D eigenvalue weighted by Crippen LogP contribution is 2.30. The van der Waals surface area contributed by atoms with Crippen LogP contribution in [0.25, 0.3) is 11.3 Å². The number of carbonyl (C=O) groups excluding carboxylic acids is 1. The highest BCUT2D eigenvalue weighted by atomic mass is 35.5. The Morgan fingerprint density at radius 1 is 0.969 bits per heavy atom. The van der Waals surface area contributed by atoms with Gasteiger partial charge in [-0.1, -0.05) is 84.4 Å². The molecule has 0 aliphatic rings. The van der Waals surface area contributed by atoms with Gasteiger partial charge < -0.3 is 9.52 Å². The van der Waals surface area contributed by atoms with Crippen molar-refractivity contribution in [3.05, 3.63) is 118 Å². The minimum absolute atomic E-state index is 0.440. The molecule has 4 rings (SSSR count). The summed E-state index contributed by atoms with van der Waals surface area (Å²) in [6.45, 7) is 1.93. The first-order chi connectivity index (χ1) is 15.5. The number of furan rings is 1. The smallest absolute Gasteiger partial charge is 0.281 e. The lowest BCUT2D eigenvalue weighted by Gasteiger charge is -2.26. The Morgan fingerprint density at radius 2 is 1.59 bits per heavy atom. The van der Waals surface area contributed by atoms with Gasteiger partial charge in [-0.05, 0) is 41.8 Å². The van der Waals surface area contributed by atoms with Gasteiger partial charge in [0.15, 0.2) is 5.60 Å². The third kappa shape index (κ3) is 4.35. The van der Waals surface area contributed by atoms with Crippen molar-refractivity contribution < 1.29 is 14.3 Å². The number of aryl methyl sites for hydroxylation is 1. The molecular weight excluding hydrogens is 424 g/mol. The quantitative estimate of drug-likeness (QED) is 0.313. The average Bonchev–Trinajstić information content (AvgIpc) is 3.30. The molecular formula is C26H21ClN2O3. The van der Waals surface area contributed by atoms with Gasteiger partial charge in [0.05, 0.1) is 6.21 Å². The molecule has 1 heterocycles. The number of nitrogens with zero attached hydrogens (tertiary/aromatic N) is 1. The highest BCUT2D eigenvalue weighted by Gasteiger charge is 2.39. The lowest BCUT2D eigenvalue weighted by Crippen LogP contribution is -2.43. The van der Waals surface area contributed by atoms with Crippen LogP contribution in [-0.2, 0) is 10.4 Å². The molecule has 1 aromatic heterocycles. The summed E-state index contributed by atoms with van der Waals surface area (Å²) >= 11 is 6.19. The molecule has 0 radical (unpaired) electrons. The number of benzene rings is 3. The molecule has 0 saturated carbocycles. The van der Waals surface area contributed by atoms with Crippen LogP contribution in [-0.4, -0.2) is 17.2 Å². The lowest BCUT2D eigenvalue weighted by atomic mass is 9.85. The summed E-state index contributed by atoms with van der Waals surface area (Å²) < 4.78 is 5.78. The summed E-state index contributed by atoms with van der Waals surface area (Å²) in [5.41, 5.74) is 3.24. The maximum Gasteiger partial charge on any atom is 0.281 e. The second-order valence-electron chi connectivity index (χ2n) is 7.31. The summed E-state index contributed by atoms with van der Waals surface area (Å²) in [4.78, 5) is 13.0. The highest BCUT2D eigenvalue weighted by molar-refractivity contribution is 6.31. The van der Waals surface area contributed by atoms with Gasteiger partial charge in [0.25, 0.3) is 5.91 Å². The number of carbonyl (C=O) groups is 1. The Bertz CT molecular complexity index is 1210. The summed E-state index contributed by atoms with van der Waals surface area (Å²) in [6.07, 6.45) is 1.38. The van der Waals surface area contributed by atoms with E-state index in [1.807, 2.05) is 37.3 Å². The molecule has 3 aromatic carbocycles. The van der Waals surface area contributed by atoms with Crippen molar-refractivity contribution in [2.75, 3.05) is 0 Å². The zero-order valence-electron chi connectivity index (χ0n) is 17.3. The topological polar surface area (TPSA) is 74.8 Å². The van der Waals surface area contributed by atoms with Crippen LogP contribution < -0.4 is 5.43 Å². The van der Waals surface area contributed by atoms with E-state index in [0.29, 0.717) is 27.7 Å². The minimum atomic E-state index is -1.90. The van der Waals surface area contributed by atoms with Gasteiger partial charge in [-0.2, -0.15) is 5.10 Å². The summed E-state index contributed by atoms with van der Waals surface area (Å²) in [5.74, 6) is 0.396. The second kappa shape index (κ2) is 9.22. The van der Waals surface area contributed by atoms with E-state index >= 15 is 0 Å². The number of hydrazone groups is 1. The van der Waals surface area contributed by atoms with Crippen LogP contribution >= 0.6 is 11.6 Å². The van der Waals surface area contributed by atoms with Gasteiger partial charge in [-0.15, -0.1) is 0 Å². The standard InChI is InChI=1S/C26H21ClN2O3/c1-18-12-13-19(16-23(18)27)24-15-14-22(32-24)17-28-29-25(30)26(31,20-8-4-2-5-9-20)21-10-6-3-7-11-21/h2-17,31H,1H3,(H,29,30)/b28-17+. The van der Waals surface area contributed by atoms with E-state index in [1.54, 1.807) is 60.7 Å². The molecule has 2 N–H and O–H groups in total. The fourth-order valence-electron chi connectivity index (χ4n) is 3.35. The maximum atomic E-state index is 13.0. The van der Waals surface area contributed by atoms with E-state index in [4.69, 9.17) is 16.0 Å². The third-order valence-electron chi connectivity index (χ3n) is 5.15. The normalized spacial score (nSPS) is 11.6. The zero-order chi connectivity index (χ0) is 22.6. The van der Waals surface area contributed by atoms with Crippen molar-refractivity contribution in [2.45, 2.75) is 12.5 Å². The number of rotatable bonds is 6. The van der Waals surface area contributed by atoms with Gasteiger partial charge in [0.1, 0.15) is 11.5 Å². The van der Waals surface area contributed by atoms with Crippen LogP contribution in [0.15, 0.2) is 101 Å². The number of halogens is 1. The van der Waals surface area contributed by atoms with Crippen molar-refractivity contribution in [3.63, 3.8) is 0 Å². The first-order valence-electron chi connectivity index (χ1n) is 10.0. The number of amides is 1. The Labute approximate surface area is 191 Å². The Hall–Kier alpha value is -3.67. The molecule has 0 saturated heterocycles. The Kier molecular flexibility index (Phi) is 6.21. The van der Waals surface area contributed by atoms with Crippen LogP contribution in [0.4, 0.5) is 0 Å². The maximum absolute atomic E-state index is 13.0. The molecule has 32 heavy (non-hydrogen) atoms. The monoisotopic (exact) mass is 444 g/mol. The Morgan fingerprint density at radius 3 is 2.19 bits per heavy atom. The fourth-order valence-corrected chi connectivity index (χ4v) is 3.53. The van der Waals surface area contributed by atoms with Crippen LogP contribution in [0.1, 0.15) is 22.5 Å². The van der Waals surface area contributed by atoms with E-state index in [-0.39, 0.29) is 0 Å². The van der Waals surface area contributed by atoms with Crippen molar-refractivity contribution in [1.29, 1.82) is 0 Å². The van der Waals surface area contributed by atoms with E-state index in [9.17, 15) is 9.90 Å². The second-order valence-corrected chi connectivity index (χ2v) is 7.71. The molecule has 0 aliphatic heterocycles.